The Morgan fingerprint density at radius 1 is 1.21 bits per heavy atom. The van der Waals surface area contributed by atoms with Crippen LogP contribution in [0.1, 0.15) is 32.1 Å². The van der Waals surface area contributed by atoms with Crippen LogP contribution in [0.5, 0.6) is 5.75 Å². The Balaban J connectivity index is 1.92. The minimum absolute atomic E-state index is 0.418. The SMILES string of the molecule is Brc1c[c]c(OC2CCCCC2)cc1. The van der Waals surface area contributed by atoms with Crippen molar-refractivity contribution in [1.29, 1.82) is 0 Å². The highest BCUT2D eigenvalue weighted by Crippen LogP contribution is 2.23. The van der Waals surface area contributed by atoms with Gasteiger partial charge in [-0.1, -0.05) is 22.4 Å². The summed E-state index contributed by atoms with van der Waals surface area (Å²) < 4.78 is 6.88. The lowest BCUT2D eigenvalue weighted by Crippen LogP contribution is -2.19. The molecule has 0 aromatic heterocycles. The summed E-state index contributed by atoms with van der Waals surface area (Å²) >= 11 is 3.38. The van der Waals surface area contributed by atoms with Gasteiger partial charge >= 0.3 is 0 Å². The highest BCUT2D eigenvalue weighted by molar-refractivity contribution is 9.10. The van der Waals surface area contributed by atoms with Crippen LogP contribution in [0.25, 0.3) is 0 Å². The van der Waals surface area contributed by atoms with Gasteiger partial charge in [-0.3, -0.25) is 0 Å². The average Bonchev–Trinajstić information content (AvgIpc) is 2.23. The molecule has 0 aliphatic heterocycles. The van der Waals surface area contributed by atoms with Crippen LogP contribution in [-0.4, -0.2) is 6.10 Å². The van der Waals surface area contributed by atoms with Crippen LogP contribution in [0.3, 0.4) is 0 Å². The summed E-state index contributed by atoms with van der Waals surface area (Å²) in [4.78, 5) is 0. The first-order chi connectivity index (χ1) is 6.84. The molecule has 2 rings (SSSR count). The predicted molar refractivity (Wildman–Crippen MR) is 60.5 cm³/mol. The van der Waals surface area contributed by atoms with E-state index in [4.69, 9.17) is 4.74 Å². The van der Waals surface area contributed by atoms with Gasteiger partial charge < -0.3 is 4.74 Å². The molecule has 0 bridgehead atoms. The third kappa shape index (κ3) is 2.74. The first-order valence-electron chi connectivity index (χ1n) is 5.18. The molecule has 1 radical (unpaired) electrons. The van der Waals surface area contributed by atoms with Crippen LogP contribution in [-0.2, 0) is 0 Å². The van der Waals surface area contributed by atoms with Crippen molar-refractivity contribution in [3.05, 3.63) is 28.7 Å². The number of hydrogen-bond acceptors (Lipinski definition) is 1. The minimum atomic E-state index is 0.418. The first kappa shape index (κ1) is 10.0. The second-order valence-corrected chi connectivity index (χ2v) is 4.66. The smallest absolute Gasteiger partial charge is 0.127 e. The van der Waals surface area contributed by atoms with Crippen LogP contribution in [0, 0.1) is 6.07 Å². The van der Waals surface area contributed by atoms with Gasteiger partial charge in [0.25, 0.3) is 0 Å². The fraction of sp³-hybridized carbons (Fsp3) is 0.500. The normalized spacial score (nSPS) is 18.1. The van der Waals surface area contributed by atoms with Crippen molar-refractivity contribution in [2.75, 3.05) is 0 Å². The van der Waals surface area contributed by atoms with Gasteiger partial charge in [-0.25, -0.2) is 0 Å². The van der Waals surface area contributed by atoms with E-state index < -0.39 is 0 Å². The maximum absolute atomic E-state index is 5.83. The van der Waals surface area contributed by atoms with Gasteiger partial charge in [-0.05, 0) is 43.9 Å². The fourth-order valence-electron chi connectivity index (χ4n) is 1.83. The fourth-order valence-corrected chi connectivity index (χ4v) is 2.07. The summed E-state index contributed by atoms with van der Waals surface area (Å²) in [5.41, 5.74) is 0. The molecule has 1 aliphatic carbocycles. The highest BCUT2D eigenvalue weighted by Gasteiger charge is 2.14. The Bertz CT molecular complexity index is 275. The lowest BCUT2D eigenvalue weighted by atomic mass is 9.98. The Hall–Kier alpha value is -0.500. The van der Waals surface area contributed by atoms with E-state index in [1.165, 1.54) is 32.1 Å². The maximum Gasteiger partial charge on any atom is 0.127 e. The third-order valence-corrected chi connectivity index (χ3v) is 3.09. The van der Waals surface area contributed by atoms with E-state index >= 15 is 0 Å². The molecule has 0 amide bonds. The van der Waals surface area contributed by atoms with E-state index in [1.807, 2.05) is 18.2 Å². The van der Waals surface area contributed by atoms with Gasteiger partial charge in [0.15, 0.2) is 0 Å². The molecule has 0 heterocycles. The second kappa shape index (κ2) is 4.83. The maximum atomic E-state index is 5.83. The van der Waals surface area contributed by atoms with E-state index in [0.29, 0.717) is 6.10 Å². The number of halogens is 1. The van der Waals surface area contributed by atoms with E-state index in [9.17, 15) is 0 Å². The molecule has 1 aromatic carbocycles. The molecule has 0 spiro atoms. The van der Waals surface area contributed by atoms with Gasteiger partial charge in [0.1, 0.15) is 5.75 Å². The molecule has 1 aromatic rings. The van der Waals surface area contributed by atoms with Gasteiger partial charge in [0.2, 0.25) is 0 Å². The molecular weight excluding hydrogens is 240 g/mol. The van der Waals surface area contributed by atoms with Crippen molar-refractivity contribution in [3.63, 3.8) is 0 Å². The second-order valence-electron chi connectivity index (χ2n) is 3.75. The van der Waals surface area contributed by atoms with Crippen molar-refractivity contribution in [3.8, 4) is 5.75 Å². The monoisotopic (exact) mass is 253 g/mol. The molecule has 0 atom stereocenters. The van der Waals surface area contributed by atoms with Crippen LogP contribution < -0.4 is 4.74 Å². The van der Waals surface area contributed by atoms with E-state index in [2.05, 4.69) is 22.0 Å². The molecule has 75 valence electrons. The summed E-state index contributed by atoms with van der Waals surface area (Å²) in [6.07, 6.45) is 6.79. The Labute approximate surface area is 93.6 Å². The molecule has 2 heteroatoms. The molecule has 1 aliphatic rings. The number of ether oxygens (including phenoxy) is 1. The zero-order valence-corrected chi connectivity index (χ0v) is 9.72. The Morgan fingerprint density at radius 2 is 2.00 bits per heavy atom. The van der Waals surface area contributed by atoms with Gasteiger partial charge in [-0.15, -0.1) is 0 Å². The summed E-state index contributed by atoms with van der Waals surface area (Å²) in [7, 11) is 0. The lowest BCUT2D eigenvalue weighted by Gasteiger charge is -2.22. The standard InChI is InChI=1S/C12H14BrO/c13-10-6-8-12(9-7-10)14-11-4-2-1-3-5-11/h6-8,11H,1-5H2. The Kier molecular flexibility index (Phi) is 3.46. The zero-order valence-electron chi connectivity index (χ0n) is 8.13. The molecular formula is C12H14BrO. The molecule has 1 nitrogen and oxygen atoms in total. The van der Waals surface area contributed by atoms with Crippen molar-refractivity contribution >= 4 is 15.9 Å². The topological polar surface area (TPSA) is 9.23 Å². The quantitative estimate of drug-likeness (QED) is 0.776. The molecule has 0 saturated heterocycles. The first-order valence-corrected chi connectivity index (χ1v) is 5.98. The minimum Gasteiger partial charge on any atom is -0.490 e. The van der Waals surface area contributed by atoms with Crippen LogP contribution in [0.2, 0.25) is 0 Å². The Morgan fingerprint density at radius 3 is 2.64 bits per heavy atom. The lowest BCUT2D eigenvalue weighted by molar-refractivity contribution is 0.154. The van der Waals surface area contributed by atoms with Crippen LogP contribution in [0.15, 0.2) is 22.7 Å². The van der Waals surface area contributed by atoms with E-state index in [0.717, 1.165) is 10.2 Å². The van der Waals surface area contributed by atoms with Gasteiger partial charge in [0, 0.05) is 10.5 Å². The average molecular weight is 254 g/mol. The molecule has 1 saturated carbocycles. The molecule has 0 unspecified atom stereocenters. The van der Waals surface area contributed by atoms with E-state index in [-0.39, 0.29) is 0 Å². The largest absolute Gasteiger partial charge is 0.490 e. The van der Waals surface area contributed by atoms with Crippen molar-refractivity contribution in [2.45, 2.75) is 38.2 Å². The summed E-state index contributed by atoms with van der Waals surface area (Å²) in [5, 5.41) is 0. The van der Waals surface area contributed by atoms with Gasteiger partial charge in [0.05, 0.1) is 6.10 Å². The number of benzene rings is 1. The number of hydrogen-bond donors (Lipinski definition) is 0. The van der Waals surface area contributed by atoms with Gasteiger partial charge in [-0.2, -0.15) is 0 Å². The predicted octanol–water partition coefficient (Wildman–Crippen LogP) is 3.96. The highest BCUT2D eigenvalue weighted by atomic mass is 79.9. The van der Waals surface area contributed by atoms with Crippen molar-refractivity contribution < 1.29 is 4.74 Å². The van der Waals surface area contributed by atoms with E-state index in [1.54, 1.807) is 0 Å². The summed E-state index contributed by atoms with van der Waals surface area (Å²) in [5.74, 6) is 0.875. The van der Waals surface area contributed by atoms with Crippen LogP contribution in [0.4, 0.5) is 0 Å². The van der Waals surface area contributed by atoms with Crippen molar-refractivity contribution in [1.82, 2.24) is 0 Å². The molecule has 0 N–H and O–H groups in total. The van der Waals surface area contributed by atoms with Crippen molar-refractivity contribution in [2.24, 2.45) is 0 Å². The summed E-state index contributed by atoms with van der Waals surface area (Å²) in [6, 6.07) is 8.98. The zero-order chi connectivity index (χ0) is 9.80. The van der Waals surface area contributed by atoms with Crippen LogP contribution >= 0.6 is 15.9 Å². The summed E-state index contributed by atoms with van der Waals surface area (Å²) in [6.45, 7) is 0. The molecule has 14 heavy (non-hydrogen) atoms. The number of rotatable bonds is 2. The molecule has 1 fully saturated rings. The third-order valence-electron chi connectivity index (χ3n) is 2.59.